The first-order valence-corrected chi connectivity index (χ1v) is 9.37. The number of para-hydroxylation sites is 1. The van der Waals surface area contributed by atoms with E-state index in [4.69, 9.17) is 4.74 Å². The fraction of sp³-hybridized carbons (Fsp3) is 0.250. The number of esters is 1. The molecule has 2 heterocycles. The Hall–Kier alpha value is -2.87. The lowest BCUT2D eigenvalue weighted by Crippen LogP contribution is -2.37. The fourth-order valence-electron chi connectivity index (χ4n) is 2.65. The molecular formula is C20H19FN2O4S. The predicted molar refractivity (Wildman–Crippen MR) is 104 cm³/mol. The number of benzene rings is 1. The van der Waals surface area contributed by atoms with Crippen LogP contribution in [-0.2, 0) is 14.3 Å². The number of ether oxygens (including phenoxy) is 1. The van der Waals surface area contributed by atoms with Crippen LogP contribution in [0.1, 0.15) is 26.5 Å². The van der Waals surface area contributed by atoms with Crippen molar-refractivity contribution >= 4 is 35.0 Å². The van der Waals surface area contributed by atoms with Crippen LogP contribution in [0.4, 0.5) is 9.18 Å². The molecule has 2 aromatic rings. The molecule has 6 nitrogen and oxygen atoms in total. The number of imide groups is 1. The van der Waals surface area contributed by atoms with Crippen molar-refractivity contribution in [3.05, 3.63) is 59.0 Å². The van der Waals surface area contributed by atoms with E-state index in [-0.39, 0.29) is 4.91 Å². The van der Waals surface area contributed by atoms with E-state index in [1.807, 2.05) is 0 Å². The fourth-order valence-corrected chi connectivity index (χ4v) is 3.47. The first-order chi connectivity index (χ1) is 13.2. The number of rotatable bonds is 4. The summed E-state index contributed by atoms with van der Waals surface area (Å²) in [6, 6.07) is 9.66. The zero-order valence-corrected chi connectivity index (χ0v) is 16.5. The maximum absolute atomic E-state index is 14.1. The number of carbonyl (C=O) groups is 3. The minimum atomic E-state index is -0.713. The van der Waals surface area contributed by atoms with E-state index in [0.717, 1.165) is 16.7 Å². The molecule has 1 saturated heterocycles. The highest BCUT2D eigenvalue weighted by molar-refractivity contribution is 8.18. The van der Waals surface area contributed by atoms with Crippen molar-refractivity contribution in [3.63, 3.8) is 0 Å². The molecule has 2 amide bonds. The van der Waals surface area contributed by atoms with Crippen molar-refractivity contribution in [1.82, 2.24) is 9.47 Å². The zero-order chi connectivity index (χ0) is 20.5. The normalized spacial score (nSPS) is 16.1. The number of carbonyl (C=O) groups excluding carboxylic acids is 3. The van der Waals surface area contributed by atoms with Gasteiger partial charge in [0.25, 0.3) is 11.1 Å². The van der Waals surface area contributed by atoms with Gasteiger partial charge in [-0.1, -0.05) is 12.1 Å². The Morgan fingerprint density at radius 3 is 2.57 bits per heavy atom. The van der Waals surface area contributed by atoms with Crippen LogP contribution in [0, 0.1) is 5.82 Å². The summed E-state index contributed by atoms with van der Waals surface area (Å²) in [4.78, 5) is 37.7. The van der Waals surface area contributed by atoms with Gasteiger partial charge >= 0.3 is 5.97 Å². The molecule has 1 fully saturated rings. The van der Waals surface area contributed by atoms with Gasteiger partial charge in [-0.05, 0) is 62.9 Å². The summed E-state index contributed by atoms with van der Waals surface area (Å²) in [7, 11) is 0. The predicted octanol–water partition coefficient (Wildman–Crippen LogP) is 3.99. The minimum Gasteiger partial charge on any atom is -0.459 e. The molecule has 0 aliphatic carbocycles. The van der Waals surface area contributed by atoms with Crippen LogP contribution in [0.2, 0.25) is 0 Å². The summed E-state index contributed by atoms with van der Waals surface area (Å²) in [6.45, 7) is 4.66. The molecule has 0 N–H and O–H groups in total. The highest BCUT2D eigenvalue weighted by atomic mass is 32.2. The molecule has 1 aliphatic heterocycles. The number of hydrogen-bond donors (Lipinski definition) is 0. The lowest BCUT2D eigenvalue weighted by atomic mass is 10.2. The summed E-state index contributed by atoms with van der Waals surface area (Å²) in [5, 5.41) is -0.550. The number of hydrogen-bond acceptors (Lipinski definition) is 5. The molecule has 0 atom stereocenters. The molecule has 8 heteroatoms. The molecule has 1 aromatic carbocycles. The Balaban J connectivity index is 1.83. The van der Waals surface area contributed by atoms with Gasteiger partial charge in [-0.25, -0.2) is 4.39 Å². The van der Waals surface area contributed by atoms with Gasteiger partial charge in [-0.2, -0.15) is 0 Å². The maximum atomic E-state index is 14.1. The number of nitrogens with zero attached hydrogens (tertiary/aromatic N) is 2. The summed E-state index contributed by atoms with van der Waals surface area (Å²) >= 11 is 0.732. The molecule has 28 heavy (non-hydrogen) atoms. The van der Waals surface area contributed by atoms with Crippen LogP contribution in [-0.4, -0.2) is 38.7 Å². The van der Waals surface area contributed by atoms with Gasteiger partial charge in [0.2, 0.25) is 0 Å². The topological polar surface area (TPSA) is 68.6 Å². The standard InChI is InChI=1S/C20H19FN2O4S/c1-20(2,3)27-17(24)12-23-18(25)16(28-19(23)26)11-13-7-6-10-22(13)15-9-5-4-8-14(15)21/h4-11H,12H2,1-3H3/b16-11+. The van der Waals surface area contributed by atoms with Crippen molar-refractivity contribution in [1.29, 1.82) is 0 Å². The Labute approximate surface area is 166 Å². The SMILES string of the molecule is CC(C)(C)OC(=O)CN1C(=O)S/C(=C/c2cccn2-c2ccccc2F)C1=O. The summed E-state index contributed by atoms with van der Waals surface area (Å²) in [5.74, 6) is -1.65. The Morgan fingerprint density at radius 1 is 1.18 bits per heavy atom. The average Bonchev–Trinajstić information content (AvgIpc) is 3.14. The largest absolute Gasteiger partial charge is 0.459 e. The molecule has 0 saturated carbocycles. The summed E-state index contributed by atoms with van der Waals surface area (Å²) in [6.07, 6.45) is 3.17. The maximum Gasteiger partial charge on any atom is 0.326 e. The zero-order valence-electron chi connectivity index (χ0n) is 15.6. The van der Waals surface area contributed by atoms with Gasteiger partial charge in [0, 0.05) is 11.9 Å². The Morgan fingerprint density at radius 2 is 1.89 bits per heavy atom. The molecule has 0 bridgehead atoms. The summed E-state index contributed by atoms with van der Waals surface area (Å²) in [5.41, 5.74) is 0.148. The van der Waals surface area contributed by atoms with E-state index >= 15 is 0 Å². The van der Waals surface area contributed by atoms with Gasteiger partial charge in [0.15, 0.2) is 0 Å². The molecule has 1 aliphatic rings. The first-order valence-electron chi connectivity index (χ1n) is 8.55. The molecule has 146 valence electrons. The van der Waals surface area contributed by atoms with E-state index < -0.39 is 35.1 Å². The molecular weight excluding hydrogens is 383 g/mol. The molecule has 3 rings (SSSR count). The highest BCUT2D eigenvalue weighted by Crippen LogP contribution is 2.32. The third-order valence-corrected chi connectivity index (χ3v) is 4.66. The van der Waals surface area contributed by atoms with Crippen LogP contribution >= 0.6 is 11.8 Å². The van der Waals surface area contributed by atoms with E-state index in [1.165, 1.54) is 12.1 Å². The van der Waals surface area contributed by atoms with Crippen molar-refractivity contribution in [2.45, 2.75) is 26.4 Å². The average molecular weight is 402 g/mol. The van der Waals surface area contributed by atoms with Gasteiger partial charge < -0.3 is 9.30 Å². The summed E-state index contributed by atoms with van der Waals surface area (Å²) < 4.78 is 20.8. The van der Waals surface area contributed by atoms with Crippen LogP contribution in [0.15, 0.2) is 47.5 Å². The minimum absolute atomic E-state index is 0.157. The number of halogens is 1. The number of aromatic nitrogens is 1. The third kappa shape index (κ3) is 4.33. The van der Waals surface area contributed by atoms with E-state index in [9.17, 15) is 18.8 Å². The number of amides is 2. The quantitative estimate of drug-likeness (QED) is 0.571. The molecule has 0 spiro atoms. The Kier molecular flexibility index (Phi) is 5.42. The van der Waals surface area contributed by atoms with Crippen molar-refractivity contribution < 1.29 is 23.5 Å². The van der Waals surface area contributed by atoms with Gasteiger partial charge in [0.1, 0.15) is 18.0 Å². The second kappa shape index (κ2) is 7.63. The van der Waals surface area contributed by atoms with Gasteiger partial charge in [0.05, 0.1) is 10.6 Å². The third-order valence-electron chi connectivity index (χ3n) is 3.75. The smallest absolute Gasteiger partial charge is 0.326 e. The van der Waals surface area contributed by atoms with Crippen LogP contribution in [0.25, 0.3) is 11.8 Å². The van der Waals surface area contributed by atoms with Crippen molar-refractivity contribution in [3.8, 4) is 5.69 Å². The Bertz CT molecular complexity index is 975. The molecule has 1 aromatic heterocycles. The van der Waals surface area contributed by atoms with Crippen molar-refractivity contribution in [2.75, 3.05) is 6.54 Å². The lowest BCUT2D eigenvalue weighted by Gasteiger charge is -2.21. The second-order valence-corrected chi connectivity index (χ2v) is 8.10. The van der Waals surface area contributed by atoms with Crippen LogP contribution in [0.3, 0.4) is 0 Å². The van der Waals surface area contributed by atoms with Gasteiger partial charge in [-0.3, -0.25) is 19.3 Å². The second-order valence-electron chi connectivity index (χ2n) is 7.11. The van der Waals surface area contributed by atoms with Crippen molar-refractivity contribution in [2.24, 2.45) is 0 Å². The van der Waals surface area contributed by atoms with Crippen LogP contribution < -0.4 is 0 Å². The van der Waals surface area contributed by atoms with Crippen LogP contribution in [0.5, 0.6) is 0 Å². The first kappa shape index (κ1) is 19.9. The number of thioether (sulfide) groups is 1. The van der Waals surface area contributed by atoms with E-state index in [0.29, 0.717) is 11.4 Å². The van der Waals surface area contributed by atoms with E-state index in [1.54, 1.807) is 61.9 Å². The molecule has 0 unspecified atom stereocenters. The highest BCUT2D eigenvalue weighted by Gasteiger charge is 2.37. The molecule has 0 radical (unpaired) electrons. The van der Waals surface area contributed by atoms with Gasteiger partial charge in [-0.15, -0.1) is 0 Å². The van der Waals surface area contributed by atoms with E-state index in [2.05, 4.69) is 0 Å². The lowest BCUT2D eigenvalue weighted by molar-refractivity contribution is -0.156. The monoisotopic (exact) mass is 402 g/mol.